The molecule has 2 aliphatic heterocycles. The zero-order chi connectivity index (χ0) is 64.0. The molecule has 92 heavy (non-hydrogen) atoms. The van der Waals surface area contributed by atoms with Gasteiger partial charge in [-0.15, -0.1) is 0 Å². The van der Waals surface area contributed by atoms with Crippen molar-refractivity contribution in [2.75, 3.05) is 13.2 Å². The van der Waals surface area contributed by atoms with Crippen molar-refractivity contribution in [3.8, 4) is 56.0 Å². The molecule has 0 saturated carbocycles. The second kappa shape index (κ2) is 37.5. The Bertz CT molecular complexity index is 3400. The number of aromatic carboxylic acids is 2. The molecule has 486 valence electrons. The monoisotopic (exact) mass is 1240 g/mol. The number of carboxylic acids is 2. The molecule has 0 unspecified atom stereocenters. The third kappa shape index (κ3) is 20.5. The number of rotatable bonds is 42. The summed E-state index contributed by atoms with van der Waals surface area (Å²) in [4.78, 5) is 42.7. The first-order valence-corrected chi connectivity index (χ1v) is 35.6. The molecule has 7 aromatic rings. The highest BCUT2D eigenvalue weighted by Gasteiger charge is 2.20. The number of carboxylic acid groups (broad SMARTS) is 2. The molecule has 0 radical (unpaired) electrons. The van der Waals surface area contributed by atoms with E-state index >= 15 is 0 Å². The minimum absolute atomic E-state index is 0.182. The third-order valence-corrected chi connectivity index (χ3v) is 18.4. The Labute approximate surface area is 548 Å². The van der Waals surface area contributed by atoms with Gasteiger partial charge in [-0.1, -0.05) is 255 Å². The van der Waals surface area contributed by atoms with Crippen LogP contribution in [-0.4, -0.2) is 55.3 Å². The van der Waals surface area contributed by atoms with E-state index in [1.807, 2.05) is 36.4 Å². The molecule has 5 heterocycles. The van der Waals surface area contributed by atoms with Crippen molar-refractivity contribution < 1.29 is 29.3 Å². The van der Waals surface area contributed by atoms with Gasteiger partial charge in [-0.05, 0) is 132 Å². The van der Waals surface area contributed by atoms with Crippen molar-refractivity contribution in [2.24, 2.45) is 0 Å². The summed E-state index contributed by atoms with van der Waals surface area (Å²) in [5.74, 6) is -0.354. The normalized spacial score (nSPS) is 11.8. The van der Waals surface area contributed by atoms with Crippen LogP contribution in [0.1, 0.15) is 263 Å². The maximum Gasteiger partial charge on any atom is 0.335 e. The molecule has 0 aliphatic carbocycles. The number of carbonyl (C=O) groups is 2. The van der Waals surface area contributed by atoms with Crippen LogP contribution in [0, 0.1) is 0 Å². The van der Waals surface area contributed by atoms with Crippen LogP contribution in [0.2, 0.25) is 0 Å². The van der Waals surface area contributed by atoms with Crippen molar-refractivity contribution in [3.63, 3.8) is 0 Å². The van der Waals surface area contributed by atoms with Crippen LogP contribution < -0.4 is 9.47 Å². The summed E-state index contributed by atoms with van der Waals surface area (Å²) in [7, 11) is 0. The molecule has 4 N–H and O–H groups in total. The molecule has 0 spiro atoms. The van der Waals surface area contributed by atoms with E-state index in [4.69, 9.17) is 19.4 Å². The molecule has 0 amide bonds. The molecular weight excluding hydrogens is 1140 g/mol. The zero-order valence-corrected chi connectivity index (χ0v) is 55.3. The number of fused-ring (bicyclic) bond motifs is 8. The number of benzene rings is 4. The Morgan fingerprint density at radius 3 is 0.750 bits per heavy atom. The van der Waals surface area contributed by atoms with Gasteiger partial charge in [0.15, 0.2) is 0 Å². The lowest BCUT2D eigenvalue weighted by atomic mass is 10.0. The van der Waals surface area contributed by atoms with Gasteiger partial charge >= 0.3 is 11.9 Å². The Kier molecular flexibility index (Phi) is 27.9. The minimum atomic E-state index is -1.01. The predicted molar refractivity (Wildman–Crippen MR) is 385 cm³/mol. The van der Waals surface area contributed by atoms with Crippen molar-refractivity contribution in [3.05, 3.63) is 155 Å². The molecule has 0 atom stereocenters. The number of hydrogen-bond donors (Lipinski definition) is 4. The van der Waals surface area contributed by atoms with Crippen molar-refractivity contribution >= 4 is 58.3 Å². The molecule has 0 fully saturated rings. The molecule has 8 bridgehead atoms. The number of aromatic nitrogens is 4. The van der Waals surface area contributed by atoms with Gasteiger partial charge in [0.05, 0.1) is 47.1 Å². The van der Waals surface area contributed by atoms with Crippen LogP contribution in [0.4, 0.5) is 0 Å². The van der Waals surface area contributed by atoms with E-state index in [0.717, 1.165) is 102 Å². The van der Waals surface area contributed by atoms with Crippen LogP contribution in [0.15, 0.2) is 121 Å². The Hall–Kier alpha value is -7.98. The number of nitrogens with one attached hydrogen (secondary N) is 2. The molecule has 2 aliphatic rings. The lowest BCUT2D eigenvalue weighted by molar-refractivity contribution is 0.0686. The van der Waals surface area contributed by atoms with Crippen LogP contribution in [-0.2, 0) is 0 Å². The first-order chi connectivity index (χ1) is 45.3. The van der Waals surface area contributed by atoms with Gasteiger partial charge in [-0.2, -0.15) is 0 Å². The Morgan fingerprint density at radius 1 is 0.304 bits per heavy atom. The van der Waals surface area contributed by atoms with Crippen LogP contribution in [0.25, 0.3) is 90.9 Å². The van der Waals surface area contributed by atoms with E-state index < -0.39 is 11.9 Å². The number of hydrogen-bond acceptors (Lipinski definition) is 6. The average molecular weight is 1240 g/mol. The fraction of sp³-hybridized carbons (Fsp3) is 0.439. The van der Waals surface area contributed by atoms with Gasteiger partial charge in [0, 0.05) is 44.3 Å². The van der Waals surface area contributed by atoms with Crippen LogP contribution in [0.3, 0.4) is 0 Å². The fourth-order valence-electron chi connectivity index (χ4n) is 13.1. The van der Waals surface area contributed by atoms with Crippen LogP contribution in [0.5, 0.6) is 11.5 Å². The first-order valence-electron chi connectivity index (χ1n) is 35.6. The van der Waals surface area contributed by atoms with E-state index in [0.29, 0.717) is 24.6 Å². The lowest BCUT2D eigenvalue weighted by Gasteiger charge is -2.10. The molecule has 3 aromatic heterocycles. The second-order valence-electron chi connectivity index (χ2n) is 25.6. The van der Waals surface area contributed by atoms with Gasteiger partial charge < -0.3 is 29.7 Å². The van der Waals surface area contributed by atoms with Gasteiger partial charge in [0.1, 0.15) is 11.5 Å². The summed E-state index contributed by atoms with van der Waals surface area (Å²) in [5, 5.41) is 19.8. The largest absolute Gasteiger partial charge is 0.494 e. The van der Waals surface area contributed by atoms with E-state index in [9.17, 15) is 19.8 Å². The molecule has 0 saturated heterocycles. The summed E-state index contributed by atoms with van der Waals surface area (Å²) in [6.07, 6.45) is 50.8. The molecular formula is C82H102N4O6. The molecule has 10 heteroatoms. The zero-order valence-electron chi connectivity index (χ0n) is 55.3. The quantitative estimate of drug-likeness (QED) is 0.0276. The highest BCUT2D eigenvalue weighted by atomic mass is 16.5. The van der Waals surface area contributed by atoms with E-state index in [1.54, 1.807) is 24.3 Å². The second-order valence-corrected chi connectivity index (χ2v) is 25.6. The average Bonchev–Trinajstić information content (AvgIpc) is 1.66. The Balaban J connectivity index is 0.958. The predicted octanol–water partition coefficient (Wildman–Crippen LogP) is 24.0. The fourth-order valence-corrected chi connectivity index (χ4v) is 13.1. The maximum absolute atomic E-state index is 12.1. The third-order valence-electron chi connectivity index (χ3n) is 18.4. The molecule has 10 nitrogen and oxygen atoms in total. The molecule has 9 rings (SSSR count). The van der Waals surface area contributed by atoms with Gasteiger partial charge in [0.25, 0.3) is 0 Å². The first kappa shape index (κ1) is 68.4. The van der Waals surface area contributed by atoms with Crippen LogP contribution >= 0.6 is 0 Å². The lowest BCUT2D eigenvalue weighted by Crippen LogP contribution is -1.97. The van der Waals surface area contributed by atoms with Gasteiger partial charge in [-0.25, -0.2) is 19.6 Å². The highest BCUT2D eigenvalue weighted by Crippen LogP contribution is 2.40. The van der Waals surface area contributed by atoms with E-state index in [1.165, 1.54) is 193 Å². The minimum Gasteiger partial charge on any atom is -0.494 e. The van der Waals surface area contributed by atoms with E-state index in [2.05, 4.69) is 109 Å². The number of ether oxygens (including phenoxy) is 2. The number of aromatic amines is 2. The van der Waals surface area contributed by atoms with Crippen molar-refractivity contribution in [1.82, 2.24) is 19.9 Å². The maximum atomic E-state index is 12.1. The number of unbranched alkanes of at least 4 members (excludes halogenated alkanes) is 30. The number of H-pyrrole nitrogens is 2. The number of nitrogens with zero attached hydrogens (tertiary/aromatic N) is 2. The van der Waals surface area contributed by atoms with E-state index in [-0.39, 0.29) is 11.1 Å². The molecule has 4 aromatic carbocycles. The summed E-state index contributed by atoms with van der Waals surface area (Å²) in [6, 6.07) is 38.7. The highest BCUT2D eigenvalue weighted by molar-refractivity contribution is 6.00. The summed E-state index contributed by atoms with van der Waals surface area (Å²) >= 11 is 0. The topological polar surface area (TPSA) is 150 Å². The Morgan fingerprint density at radius 2 is 0.522 bits per heavy atom. The SMILES string of the molecule is CCCCCCCCCCCCCCCCCCOc1ccc(-c2c3nc(c(-c4ccc(OCCCCCCCCCCCCCCCCCC)cc4)c4ccc([nH]4)c(-c4ccc(C(=O)O)cc4)c4nc(c(-c5ccc(C(=O)O)cc5)c5ccc2[nH]5)C=C4)C=C3)cc1. The van der Waals surface area contributed by atoms with Crippen molar-refractivity contribution in [2.45, 2.75) is 219 Å². The van der Waals surface area contributed by atoms with Crippen molar-refractivity contribution in [1.29, 1.82) is 0 Å². The smallest absolute Gasteiger partial charge is 0.335 e. The standard InChI is InChI=1S/C82H102N4O6/c1-3-5-7-9-11-13-15-17-19-21-23-25-27-29-31-33-59-91-67-47-43-63(44-48-67)79-73-55-53-71(84-73)77(61-35-39-65(40-36-61)81(87)88)69-51-52-70(83-69)78(62-37-41-66(42-38-62)82(89)90)72-54-56-74(85-72)80(76-58-57-75(79)86-76)64-45-49-68(50-46-64)92-60-34-32-30-28-26-24-22-20-18-16-14-12-10-8-6-4-2/h35-58,84-85H,3-34,59-60H2,1-2H3,(H,87,88)(H,89,90). The summed E-state index contributed by atoms with van der Waals surface area (Å²) in [5.41, 5.74) is 13.3. The summed E-state index contributed by atoms with van der Waals surface area (Å²) in [6.45, 7) is 5.92. The summed E-state index contributed by atoms with van der Waals surface area (Å²) < 4.78 is 12.7. The van der Waals surface area contributed by atoms with Gasteiger partial charge in [-0.3, -0.25) is 0 Å². The van der Waals surface area contributed by atoms with Gasteiger partial charge in [0.2, 0.25) is 0 Å².